The van der Waals surface area contributed by atoms with Gasteiger partial charge in [-0.1, -0.05) is 33.1 Å². The molecule has 2 rings (SSSR count). The molecule has 2 fully saturated rings. The fourth-order valence-corrected chi connectivity index (χ4v) is 4.28. The van der Waals surface area contributed by atoms with Gasteiger partial charge in [-0.05, 0) is 31.1 Å². The Balaban J connectivity index is 2.41. The highest BCUT2D eigenvalue weighted by Crippen LogP contribution is 2.61. The highest BCUT2D eigenvalue weighted by molar-refractivity contribution is 5.11. The molecule has 0 saturated heterocycles. The summed E-state index contributed by atoms with van der Waals surface area (Å²) < 4.78 is 0. The second-order valence-corrected chi connectivity index (χ2v) is 6.26. The molecule has 3 N–H and O–H groups in total. The molecule has 0 aromatic heterocycles. The first-order valence-electron chi connectivity index (χ1n) is 6.40. The maximum Gasteiger partial charge on any atom is 0.0720 e. The fourth-order valence-electron chi connectivity index (χ4n) is 4.28. The van der Waals surface area contributed by atoms with E-state index in [2.05, 4.69) is 13.8 Å². The third-order valence-electron chi connectivity index (χ3n) is 5.37. The Morgan fingerprint density at radius 1 is 1.00 bits per heavy atom. The van der Waals surface area contributed by atoms with E-state index in [1.54, 1.807) is 0 Å². The number of hydrogen-bond donors (Lipinski definition) is 2. The lowest BCUT2D eigenvalue weighted by molar-refractivity contribution is -0.194. The molecule has 0 heterocycles. The fraction of sp³-hybridized carbons (Fsp3) is 1.00. The third kappa shape index (κ3) is 1.38. The average Bonchev–Trinajstić information content (AvgIpc) is 2.17. The van der Waals surface area contributed by atoms with Crippen LogP contribution >= 0.6 is 0 Å². The van der Waals surface area contributed by atoms with Crippen molar-refractivity contribution in [1.29, 1.82) is 0 Å². The van der Waals surface area contributed by atoms with E-state index in [4.69, 9.17) is 5.73 Å². The van der Waals surface area contributed by atoms with Crippen LogP contribution in [0.3, 0.4) is 0 Å². The summed E-state index contributed by atoms with van der Waals surface area (Å²) in [5.74, 6) is 0. The quantitative estimate of drug-likeness (QED) is 0.700. The lowest BCUT2D eigenvalue weighted by Crippen LogP contribution is -2.63. The van der Waals surface area contributed by atoms with Gasteiger partial charge in [0.05, 0.1) is 5.60 Å². The molecule has 0 aliphatic heterocycles. The number of fused-ring (bicyclic) bond motifs is 1. The zero-order valence-electron chi connectivity index (χ0n) is 10.2. The number of hydrogen-bond acceptors (Lipinski definition) is 2. The second kappa shape index (κ2) is 3.46. The van der Waals surface area contributed by atoms with E-state index in [1.165, 1.54) is 19.3 Å². The molecule has 2 aliphatic rings. The van der Waals surface area contributed by atoms with Crippen molar-refractivity contribution in [3.8, 4) is 0 Å². The highest BCUT2D eigenvalue weighted by Gasteiger charge is 2.60. The molecule has 0 aromatic rings. The molecule has 2 nitrogen and oxygen atoms in total. The molecule has 2 atom stereocenters. The summed E-state index contributed by atoms with van der Waals surface area (Å²) in [7, 11) is 0. The van der Waals surface area contributed by atoms with Crippen LogP contribution in [-0.2, 0) is 0 Å². The van der Waals surface area contributed by atoms with Crippen LogP contribution in [0.2, 0.25) is 0 Å². The number of aliphatic hydroxyl groups is 1. The Labute approximate surface area is 93.2 Å². The van der Waals surface area contributed by atoms with E-state index in [0.717, 1.165) is 25.7 Å². The van der Waals surface area contributed by atoms with Crippen LogP contribution < -0.4 is 5.73 Å². The summed E-state index contributed by atoms with van der Waals surface area (Å²) in [5.41, 5.74) is 5.77. The van der Waals surface area contributed by atoms with E-state index < -0.39 is 5.60 Å². The second-order valence-electron chi connectivity index (χ2n) is 6.26. The van der Waals surface area contributed by atoms with E-state index in [9.17, 15) is 5.11 Å². The summed E-state index contributed by atoms with van der Waals surface area (Å²) in [4.78, 5) is 0. The topological polar surface area (TPSA) is 46.2 Å². The largest absolute Gasteiger partial charge is 0.389 e. The van der Waals surface area contributed by atoms with Gasteiger partial charge >= 0.3 is 0 Å². The molecule has 88 valence electrons. The Morgan fingerprint density at radius 2 is 1.60 bits per heavy atom. The molecule has 2 saturated carbocycles. The average molecular weight is 211 g/mol. The summed E-state index contributed by atoms with van der Waals surface area (Å²) in [6.45, 7) is 5.25. The van der Waals surface area contributed by atoms with Gasteiger partial charge in [0.25, 0.3) is 0 Å². The van der Waals surface area contributed by atoms with Crippen LogP contribution in [0, 0.1) is 10.8 Å². The van der Waals surface area contributed by atoms with Gasteiger partial charge in [0.1, 0.15) is 0 Å². The predicted octanol–water partition coefficient (Wildman–Crippen LogP) is 2.45. The minimum absolute atomic E-state index is 0.0174. The van der Waals surface area contributed by atoms with Crippen LogP contribution in [0.25, 0.3) is 0 Å². The van der Waals surface area contributed by atoms with Gasteiger partial charge in [0.2, 0.25) is 0 Å². The van der Waals surface area contributed by atoms with Gasteiger partial charge in [-0.3, -0.25) is 0 Å². The summed E-state index contributed by atoms with van der Waals surface area (Å²) in [5, 5.41) is 10.9. The molecule has 0 spiro atoms. The van der Waals surface area contributed by atoms with Crippen molar-refractivity contribution in [3.05, 3.63) is 0 Å². The lowest BCUT2D eigenvalue weighted by Gasteiger charge is -2.61. The van der Waals surface area contributed by atoms with Gasteiger partial charge in [0.15, 0.2) is 0 Å². The van der Waals surface area contributed by atoms with Crippen molar-refractivity contribution in [2.75, 3.05) is 6.54 Å². The van der Waals surface area contributed by atoms with Crippen molar-refractivity contribution in [2.24, 2.45) is 16.6 Å². The Kier molecular flexibility index (Phi) is 2.63. The van der Waals surface area contributed by atoms with Crippen LogP contribution in [0.1, 0.15) is 58.8 Å². The molecule has 0 unspecified atom stereocenters. The zero-order chi connectivity index (χ0) is 11.2. The standard InChI is InChI=1S/C13H25NO/c1-11(2)6-5-9-13(15)8-4-3-7-12(11,13)10-14/h15H,3-10,14H2,1-2H3/t12-,13+/m0/s1. The summed E-state index contributed by atoms with van der Waals surface area (Å²) >= 11 is 0. The van der Waals surface area contributed by atoms with Crippen molar-refractivity contribution in [3.63, 3.8) is 0 Å². The van der Waals surface area contributed by atoms with Gasteiger partial charge in [-0.15, -0.1) is 0 Å². The van der Waals surface area contributed by atoms with Gasteiger partial charge in [0, 0.05) is 12.0 Å². The molecular weight excluding hydrogens is 186 g/mol. The molecular formula is C13H25NO. The first kappa shape index (κ1) is 11.4. The van der Waals surface area contributed by atoms with Crippen LogP contribution in [-0.4, -0.2) is 17.3 Å². The van der Waals surface area contributed by atoms with Crippen LogP contribution in [0.5, 0.6) is 0 Å². The first-order chi connectivity index (χ1) is 6.97. The Morgan fingerprint density at radius 3 is 2.20 bits per heavy atom. The van der Waals surface area contributed by atoms with Gasteiger partial charge in [-0.25, -0.2) is 0 Å². The maximum absolute atomic E-state index is 10.9. The first-order valence-corrected chi connectivity index (χ1v) is 6.40. The summed E-state index contributed by atoms with van der Waals surface area (Å²) in [6.07, 6.45) is 7.84. The minimum Gasteiger partial charge on any atom is -0.389 e. The van der Waals surface area contributed by atoms with Crippen LogP contribution in [0.4, 0.5) is 0 Å². The van der Waals surface area contributed by atoms with E-state index >= 15 is 0 Å². The van der Waals surface area contributed by atoms with Crippen molar-refractivity contribution >= 4 is 0 Å². The lowest BCUT2D eigenvalue weighted by atomic mass is 9.46. The smallest absolute Gasteiger partial charge is 0.0720 e. The SMILES string of the molecule is CC1(C)CCC[C@]2(O)CCCC[C@]12CN. The Bertz CT molecular complexity index is 247. The predicted molar refractivity (Wildman–Crippen MR) is 62.5 cm³/mol. The van der Waals surface area contributed by atoms with E-state index in [0.29, 0.717) is 6.54 Å². The van der Waals surface area contributed by atoms with Crippen molar-refractivity contribution < 1.29 is 5.11 Å². The molecule has 0 bridgehead atoms. The minimum atomic E-state index is -0.470. The van der Waals surface area contributed by atoms with E-state index in [-0.39, 0.29) is 10.8 Å². The molecule has 15 heavy (non-hydrogen) atoms. The monoisotopic (exact) mass is 211 g/mol. The molecule has 0 amide bonds. The highest BCUT2D eigenvalue weighted by atomic mass is 16.3. The molecule has 0 radical (unpaired) electrons. The summed E-state index contributed by atoms with van der Waals surface area (Å²) in [6, 6.07) is 0. The number of nitrogens with two attached hydrogens (primary N) is 1. The third-order valence-corrected chi connectivity index (χ3v) is 5.37. The van der Waals surface area contributed by atoms with Crippen LogP contribution in [0.15, 0.2) is 0 Å². The van der Waals surface area contributed by atoms with E-state index in [1.807, 2.05) is 0 Å². The van der Waals surface area contributed by atoms with Crippen molar-refractivity contribution in [1.82, 2.24) is 0 Å². The molecule has 2 aliphatic carbocycles. The molecule has 2 heteroatoms. The Hall–Kier alpha value is -0.0800. The number of rotatable bonds is 1. The van der Waals surface area contributed by atoms with Gasteiger partial charge < -0.3 is 10.8 Å². The zero-order valence-corrected chi connectivity index (χ0v) is 10.2. The normalized spacial score (nSPS) is 44.8. The van der Waals surface area contributed by atoms with Gasteiger partial charge in [-0.2, -0.15) is 0 Å². The maximum atomic E-state index is 10.9. The van der Waals surface area contributed by atoms with Crippen molar-refractivity contribution in [2.45, 2.75) is 64.4 Å². The molecule has 0 aromatic carbocycles.